The summed E-state index contributed by atoms with van der Waals surface area (Å²) in [4.78, 5) is 34.5. The minimum absolute atomic E-state index is 0.114. The highest BCUT2D eigenvalue weighted by molar-refractivity contribution is 5.90. The van der Waals surface area contributed by atoms with Crippen molar-refractivity contribution in [2.45, 2.75) is 53.1 Å². The topological polar surface area (TPSA) is 95.5 Å². The van der Waals surface area contributed by atoms with Crippen molar-refractivity contribution >= 4 is 17.8 Å². The maximum Gasteiger partial charge on any atom is 0.326 e. The van der Waals surface area contributed by atoms with Crippen molar-refractivity contribution in [3.05, 3.63) is 0 Å². The predicted molar refractivity (Wildman–Crippen MR) is 71.5 cm³/mol. The molecule has 0 aromatic heterocycles. The first-order valence-corrected chi connectivity index (χ1v) is 6.53. The molecule has 6 nitrogen and oxygen atoms in total. The van der Waals surface area contributed by atoms with Crippen molar-refractivity contribution in [2.75, 3.05) is 0 Å². The summed E-state index contributed by atoms with van der Waals surface area (Å²) in [7, 11) is 0. The van der Waals surface area contributed by atoms with Gasteiger partial charge in [0.25, 0.3) is 0 Å². The fraction of sp³-hybridized carbons (Fsp3) is 0.769. The quantitative estimate of drug-likeness (QED) is 0.637. The van der Waals surface area contributed by atoms with Gasteiger partial charge in [0.1, 0.15) is 12.1 Å². The Kier molecular flexibility index (Phi) is 7.11. The maximum atomic E-state index is 12.1. The van der Waals surface area contributed by atoms with E-state index in [-0.39, 0.29) is 24.2 Å². The van der Waals surface area contributed by atoms with Crippen LogP contribution in [0.15, 0.2) is 0 Å². The SMILES string of the molecule is CCC(=O)N[C@H](C(=O)N[C@H](C(=O)O)C(C)C)C(C)C. The molecular weight excluding hydrogens is 248 g/mol. The normalized spacial score (nSPS) is 14.1. The Morgan fingerprint density at radius 3 is 1.74 bits per heavy atom. The van der Waals surface area contributed by atoms with Gasteiger partial charge in [-0.3, -0.25) is 9.59 Å². The van der Waals surface area contributed by atoms with Crippen LogP contribution in [0.5, 0.6) is 0 Å². The number of aliphatic carboxylic acids is 1. The fourth-order valence-electron chi connectivity index (χ4n) is 1.57. The third-order valence-electron chi connectivity index (χ3n) is 2.82. The van der Waals surface area contributed by atoms with Crippen molar-refractivity contribution in [2.24, 2.45) is 11.8 Å². The number of carbonyl (C=O) groups excluding carboxylic acids is 2. The van der Waals surface area contributed by atoms with E-state index in [1.165, 1.54) is 0 Å². The largest absolute Gasteiger partial charge is 0.480 e. The van der Waals surface area contributed by atoms with E-state index in [4.69, 9.17) is 5.11 Å². The summed E-state index contributed by atoms with van der Waals surface area (Å²) < 4.78 is 0. The van der Waals surface area contributed by atoms with Crippen LogP contribution in [0.2, 0.25) is 0 Å². The van der Waals surface area contributed by atoms with Gasteiger partial charge < -0.3 is 15.7 Å². The van der Waals surface area contributed by atoms with Crippen LogP contribution < -0.4 is 10.6 Å². The van der Waals surface area contributed by atoms with Crippen LogP contribution in [-0.4, -0.2) is 35.0 Å². The van der Waals surface area contributed by atoms with Gasteiger partial charge in [-0.05, 0) is 11.8 Å². The number of carbonyl (C=O) groups is 3. The van der Waals surface area contributed by atoms with Crippen LogP contribution >= 0.6 is 0 Å². The average Bonchev–Trinajstić information content (AvgIpc) is 2.30. The number of carboxylic acid groups (broad SMARTS) is 1. The van der Waals surface area contributed by atoms with E-state index in [0.717, 1.165) is 0 Å². The van der Waals surface area contributed by atoms with E-state index in [0.29, 0.717) is 0 Å². The van der Waals surface area contributed by atoms with Crippen molar-refractivity contribution in [1.82, 2.24) is 10.6 Å². The number of rotatable bonds is 7. The lowest BCUT2D eigenvalue weighted by Crippen LogP contribution is -2.54. The molecule has 0 aliphatic carbocycles. The number of hydrogen-bond acceptors (Lipinski definition) is 3. The highest BCUT2D eigenvalue weighted by Crippen LogP contribution is 2.06. The standard InChI is InChI=1S/C13H24N2O4/c1-6-9(16)14-10(7(2)3)12(17)15-11(8(4)5)13(18)19/h7-8,10-11H,6H2,1-5H3,(H,14,16)(H,15,17)(H,18,19)/t10-,11-/m0/s1. The lowest BCUT2D eigenvalue weighted by Gasteiger charge is -2.25. The summed E-state index contributed by atoms with van der Waals surface area (Å²) in [5.74, 6) is -2.11. The summed E-state index contributed by atoms with van der Waals surface area (Å²) in [6.07, 6.45) is 0.281. The molecule has 110 valence electrons. The Labute approximate surface area is 113 Å². The summed E-state index contributed by atoms with van der Waals surface area (Å²) in [5, 5.41) is 14.1. The summed E-state index contributed by atoms with van der Waals surface area (Å²) >= 11 is 0. The molecule has 0 aliphatic heterocycles. The Bertz CT molecular complexity index is 340. The van der Waals surface area contributed by atoms with Gasteiger partial charge in [0.2, 0.25) is 11.8 Å². The highest BCUT2D eigenvalue weighted by Gasteiger charge is 2.29. The molecule has 0 saturated carbocycles. The molecule has 6 heteroatoms. The van der Waals surface area contributed by atoms with Gasteiger partial charge in [-0.2, -0.15) is 0 Å². The summed E-state index contributed by atoms with van der Waals surface area (Å²) in [5.41, 5.74) is 0. The van der Waals surface area contributed by atoms with Gasteiger partial charge in [-0.1, -0.05) is 34.6 Å². The number of hydrogen-bond donors (Lipinski definition) is 3. The van der Waals surface area contributed by atoms with Crippen molar-refractivity contribution in [3.8, 4) is 0 Å². The van der Waals surface area contributed by atoms with E-state index in [2.05, 4.69) is 10.6 Å². The first-order chi connectivity index (χ1) is 8.70. The molecule has 0 aromatic rings. The molecule has 0 aromatic carbocycles. The lowest BCUT2D eigenvalue weighted by molar-refractivity contribution is -0.143. The van der Waals surface area contributed by atoms with E-state index >= 15 is 0 Å². The van der Waals surface area contributed by atoms with Crippen LogP contribution in [-0.2, 0) is 14.4 Å². The zero-order valence-corrected chi connectivity index (χ0v) is 12.2. The minimum Gasteiger partial charge on any atom is -0.480 e. The molecule has 3 N–H and O–H groups in total. The molecule has 19 heavy (non-hydrogen) atoms. The molecule has 0 unspecified atom stereocenters. The van der Waals surface area contributed by atoms with Gasteiger partial charge in [0.15, 0.2) is 0 Å². The molecule has 0 fully saturated rings. The van der Waals surface area contributed by atoms with E-state index in [1.54, 1.807) is 34.6 Å². The maximum absolute atomic E-state index is 12.1. The second-order valence-electron chi connectivity index (χ2n) is 5.21. The molecule has 2 amide bonds. The fourth-order valence-corrected chi connectivity index (χ4v) is 1.57. The third kappa shape index (κ3) is 5.72. The average molecular weight is 272 g/mol. The first kappa shape index (κ1) is 17.4. The van der Waals surface area contributed by atoms with E-state index in [1.807, 2.05) is 0 Å². The second kappa shape index (κ2) is 7.76. The lowest BCUT2D eigenvalue weighted by atomic mass is 10.00. The van der Waals surface area contributed by atoms with Crippen LogP contribution in [0.4, 0.5) is 0 Å². The molecule has 2 atom stereocenters. The zero-order chi connectivity index (χ0) is 15.2. The Morgan fingerprint density at radius 1 is 0.947 bits per heavy atom. The Balaban J connectivity index is 4.81. The molecular formula is C13H24N2O4. The van der Waals surface area contributed by atoms with E-state index in [9.17, 15) is 14.4 Å². The van der Waals surface area contributed by atoms with Gasteiger partial charge in [-0.25, -0.2) is 4.79 Å². The number of nitrogens with one attached hydrogen (secondary N) is 2. The van der Waals surface area contributed by atoms with Crippen LogP contribution in [0.1, 0.15) is 41.0 Å². The minimum atomic E-state index is -1.08. The van der Waals surface area contributed by atoms with Crippen molar-refractivity contribution in [3.63, 3.8) is 0 Å². The number of amides is 2. The molecule has 0 saturated heterocycles. The molecule has 0 heterocycles. The van der Waals surface area contributed by atoms with Crippen LogP contribution in [0.3, 0.4) is 0 Å². The van der Waals surface area contributed by atoms with Gasteiger partial charge >= 0.3 is 5.97 Å². The smallest absolute Gasteiger partial charge is 0.326 e. The molecule has 0 rings (SSSR count). The zero-order valence-electron chi connectivity index (χ0n) is 12.2. The third-order valence-corrected chi connectivity index (χ3v) is 2.82. The second-order valence-corrected chi connectivity index (χ2v) is 5.21. The molecule has 0 spiro atoms. The van der Waals surface area contributed by atoms with Gasteiger partial charge in [0, 0.05) is 6.42 Å². The van der Waals surface area contributed by atoms with Crippen molar-refractivity contribution < 1.29 is 19.5 Å². The molecule has 0 radical (unpaired) electrons. The highest BCUT2D eigenvalue weighted by atomic mass is 16.4. The predicted octanol–water partition coefficient (Wildman–Crippen LogP) is 0.763. The van der Waals surface area contributed by atoms with Gasteiger partial charge in [-0.15, -0.1) is 0 Å². The first-order valence-electron chi connectivity index (χ1n) is 6.53. The molecule has 0 aliphatic rings. The van der Waals surface area contributed by atoms with Crippen LogP contribution in [0.25, 0.3) is 0 Å². The summed E-state index contributed by atoms with van der Waals surface area (Å²) in [6, 6.07) is -1.67. The van der Waals surface area contributed by atoms with Gasteiger partial charge in [0.05, 0.1) is 0 Å². The molecule has 0 bridgehead atoms. The van der Waals surface area contributed by atoms with Crippen molar-refractivity contribution in [1.29, 1.82) is 0 Å². The Hall–Kier alpha value is -1.59. The monoisotopic (exact) mass is 272 g/mol. The van der Waals surface area contributed by atoms with E-state index < -0.39 is 24.0 Å². The Morgan fingerprint density at radius 2 is 1.42 bits per heavy atom. The van der Waals surface area contributed by atoms with Crippen LogP contribution in [0, 0.1) is 11.8 Å². The number of carboxylic acids is 1. The summed E-state index contributed by atoms with van der Waals surface area (Å²) in [6.45, 7) is 8.72.